The summed E-state index contributed by atoms with van der Waals surface area (Å²) in [5.41, 5.74) is 7.34. The zero-order chi connectivity index (χ0) is 51.7. The van der Waals surface area contributed by atoms with Crippen molar-refractivity contribution in [3.8, 4) is 34.3 Å². The molecule has 3 aliphatic heterocycles. The van der Waals surface area contributed by atoms with Crippen LogP contribution in [0.3, 0.4) is 0 Å². The molecular formula is C53H47N9O10S3. The highest BCUT2D eigenvalue weighted by Gasteiger charge is 2.53. The number of thiazole rings is 2. The molecule has 0 bridgehead atoms. The lowest BCUT2D eigenvalue weighted by Gasteiger charge is -2.36. The number of nitrogens with one attached hydrogen (secondary N) is 4. The molecule has 3 aliphatic rings. The number of nitrogens with zero attached hydrogens (tertiary/aromatic N) is 5. The molecule has 75 heavy (non-hydrogen) atoms. The molecule has 5 heterocycles. The maximum atomic E-state index is 13.6. The van der Waals surface area contributed by atoms with E-state index in [1.165, 1.54) is 51.9 Å². The molecule has 19 nitrogen and oxygen atoms in total. The lowest BCUT2D eigenvalue weighted by atomic mass is 9.77. The predicted molar refractivity (Wildman–Crippen MR) is 287 cm³/mol. The van der Waals surface area contributed by atoms with Crippen molar-refractivity contribution in [3.05, 3.63) is 160 Å². The number of rotatable bonds is 21. The molecule has 0 aliphatic carbocycles. The number of hydrogen-bond donors (Lipinski definition) is 6. The van der Waals surface area contributed by atoms with Crippen molar-refractivity contribution in [2.24, 2.45) is 10.2 Å². The van der Waals surface area contributed by atoms with Crippen LogP contribution >= 0.6 is 34.9 Å². The number of fused-ring (bicyclic) bond motifs is 6. The lowest BCUT2D eigenvalue weighted by Crippen LogP contribution is -2.33. The lowest BCUT2D eigenvalue weighted by molar-refractivity contribution is -0.112. The Balaban J connectivity index is 0.580. The Morgan fingerprint density at radius 2 is 1.43 bits per heavy atom. The normalized spacial score (nSPS) is 14.4. The molecule has 7 aromatic rings. The van der Waals surface area contributed by atoms with Gasteiger partial charge in [-0.05, 0) is 73.6 Å². The largest absolute Gasteiger partial charge is 0.508 e. The summed E-state index contributed by atoms with van der Waals surface area (Å²) in [4.78, 5) is 48.8. The number of ether oxygens (including phenoxy) is 5. The number of thiocarbonyl (C=S) groups is 1. The van der Waals surface area contributed by atoms with Crippen molar-refractivity contribution in [2.45, 2.75) is 18.4 Å². The first-order valence-corrected chi connectivity index (χ1v) is 25.9. The van der Waals surface area contributed by atoms with E-state index in [1.807, 2.05) is 53.2 Å². The number of phenolic OH excluding ortho intramolecular Hbond substituents is 2. The molecule has 0 radical (unpaired) electrons. The summed E-state index contributed by atoms with van der Waals surface area (Å²) in [6.45, 7) is 3.60. The van der Waals surface area contributed by atoms with Crippen LogP contribution in [-0.2, 0) is 29.3 Å². The van der Waals surface area contributed by atoms with Gasteiger partial charge in [0, 0.05) is 94.5 Å². The van der Waals surface area contributed by atoms with Crippen molar-refractivity contribution < 1.29 is 48.3 Å². The van der Waals surface area contributed by atoms with Crippen LogP contribution in [0.25, 0.3) is 11.3 Å². The number of aromatic hydroxyl groups is 2. The Kier molecular flexibility index (Phi) is 15.4. The minimum atomic E-state index is -1.34. The predicted octanol–water partition coefficient (Wildman–Crippen LogP) is 8.01. The highest BCUT2D eigenvalue weighted by atomic mass is 32.1. The topological polar surface area (TPSA) is 240 Å². The molecule has 0 unspecified atom stereocenters. The van der Waals surface area contributed by atoms with Crippen molar-refractivity contribution in [1.82, 2.24) is 20.6 Å². The maximum Gasteiger partial charge on any atom is 0.340 e. The highest BCUT2D eigenvalue weighted by Crippen LogP contribution is 2.57. The Morgan fingerprint density at radius 1 is 0.760 bits per heavy atom. The SMILES string of the molecule is O=C(NCCCOCCOCCOCCCNC(=S)Nc1ccc2c(c1)C(=O)OC21c2ccc(O)cc2Oc2cc(O)ccc21)c1ccc(-c2csc(N3N=C(c4ccccc4)C(=NNc4nccs4)C3=O)n2)cc1. The summed E-state index contributed by atoms with van der Waals surface area (Å²) in [6.07, 6.45) is 2.96. The van der Waals surface area contributed by atoms with E-state index in [1.54, 1.807) is 48.7 Å². The van der Waals surface area contributed by atoms with Gasteiger partial charge < -0.3 is 49.8 Å². The quantitative estimate of drug-likeness (QED) is 0.0173. The Bertz CT molecular complexity index is 3250. The second kappa shape index (κ2) is 23.0. The molecule has 6 N–H and O–H groups in total. The third-order valence-electron chi connectivity index (χ3n) is 12.0. The van der Waals surface area contributed by atoms with Gasteiger partial charge in [-0.15, -0.1) is 22.7 Å². The second-order valence-electron chi connectivity index (χ2n) is 16.9. The van der Waals surface area contributed by atoms with E-state index in [2.05, 4.69) is 36.6 Å². The number of aromatic nitrogens is 2. The smallest absolute Gasteiger partial charge is 0.340 e. The summed E-state index contributed by atoms with van der Waals surface area (Å²) in [7, 11) is 0. The van der Waals surface area contributed by atoms with Crippen LogP contribution in [-0.4, -0.2) is 107 Å². The van der Waals surface area contributed by atoms with Crippen LogP contribution in [0.4, 0.5) is 16.0 Å². The van der Waals surface area contributed by atoms with Gasteiger partial charge in [0.1, 0.15) is 28.7 Å². The zero-order valence-corrected chi connectivity index (χ0v) is 42.3. The number of amides is 2. The first-order chi connectivity index (χ1) is 36.6. The number of carbonyl (C=O) groups is 3. The molecular weight excluding hydrogens is 1020 g/mol. The number of esters is 1. The summed E-state index contributed by atoms with van der Waals surface area (Å²) in [5.74, 6) is -0.588. The first-order valence-electron chi connectivity index (χ1n) is 23.7. The van der Waals surface area contributed by atoms with E-state index in [-0.39, 0.29) is 23.1 Å². The fourth-order valence-electron chi connectivity index (χ4n) is 8.44. The summed E-state index contributed by atoms with van der Waals surface area (Å²) in [5, 5.41) is 44.7. The van der Waals surface area contributed by atoms with Gasteiger partial charge in [0.2, 0.25) is 10.3 Å². The van der Waals surface area contributed by atoms with Gasteiger partial charge in [0.25, 0.3) is 5.91 Å². The standard InChI is InChI=1S/C53H47N9O10S3/c63-36-13-16-40-43(29-36)71-44-30-37(64)14-17-41(44)53(40)39-15-12-35(28-38(39)49(67)72-53)57-50(73)55-19-5-22-69-24-26-70-25-23-68-21-4-18-54-47(65)34-10-8-32(9-11-34)42-31-75-52(58-42)62-48(66)46(59-60-51-56-20-27-74-51)45(61-62)33-6-2-1-3-7-33/h1-3,6-17,20,27-31,63-64H,4-5,18-19,21-26H2,(H,54,65)(H,56,60)(H2,55,57,73). The van der Waals surface area contributed by atoms with Gasteiger partial charge >= 0.3 is 11.9 Å². The molecule has 382 valence electrons. The van der Waals surface area contributed by atoms with E-state index in [9.17, 15) is 24.6 Å². The van der Waals surface area contributed by atoms with E-state index in [0.29, 0.717) is 137 Å². The molecule has 0 atom stereocenters. The first kappa shape index (κ1) is 50.4. The molecule has 22 heteroatoms. The molecule has 5 aromatic carbocycles. The molecule has 2 aromatic heterocycles. The van der Waals surface area contributed by atoms with Crippen molar-refractivity contribution in [3.63, 3.8) is 0 Å². The molecule has 0 fully saturated rings. The van der Waals surface area contributed by atoms with Crippen molar-refractivity contribution >= 4 is 85.2 Å². The molecule has 10 rings (SSSR count). The van der Waals surface area contributed by atoms with E-state index >= 15 is 0 Å². The minimum Gasteiger partial charge on any atom is -0.508 e. The fraction of sp³-hybridized carbons (Fsp3) is 0.208. The third kappa shape index (κ3) is 11.2. The number of anilines is 3. The Hall–Kier alpha value is -8.12. The number of benzene rings is 5. The summed E-state index contributed by atoms with van der Waals surface area (Å²) < 4.78 is 29.2. The zero-order valence-electron chi connectivity index (χ0n) is 39.8. The average molecular weight is 1070 g/mol. The second-order valence-corrected chi connectivity index (χ2v) is 19.0. The fourth-order valence-corrected chi connectivity index (χ4v) is 9.91. The van der Waals surface area contributed by atoms with E-state index in [4.69, 9.17) is 40.9 Å². The van der Waals surface area contributed by atoms with Gasteiger partial charge in [0.15, 0.2) is 16.4 Å². The van der Waals surface area contributed by atoms with Crippen LogP contribution in [0, 0.1) is 0 Å². The number of hydrogen-bond acceptors (Lipinski definition) is 18. The number of phenols is 2. The van der Waals surface area contributed by atoms with E-state index < -0.39 is 17.5 Å². The van der Waals surface area contributed by atoms with Crippen molar-refractivity contribution in [2.75, 3.05) is 68.5 Å². The number of carbonyl (C=O) groups excluding carboxylic acids is 3. The third-order valence-corrected chi connectivity index (χ3v) is 13.7. The molecule has 0 saturated carbocycles. The Labute approximate surface area is 442 Å². The van der Waals surface area contributed by atoms with Crippen LogP contribution in [0.15, 0.2) is 136 Å². The van der Waals surface area contributed by atoms with Crippen LogP contribution in [0.2, 0.25) is 0 Å². The van der Waals surface area contributed by atoms with Gasteiger partial charge in [-0.3, -0.25) is 15.0 Å². The molecule has 2 amide bonds. The number of hydrazone groups is 2. The molecule has 0 saturated heterocycles. The minimum absolute atomic E-state index is 0.0177. The molecule has 1 spiro atoms. The van der Waals surface area contributed by atoms with Gasteiger partial charge in [0.05, 0.1) is 37.7 Å². The van der Waals surface area contributed by atoms with Gasteiger partial charge in [-0.2, -0.15) is 15.2 Å². The van der Waals surface area contributed by atoms with Crippen LogP contribution in [0.5, 0.6) is 23.0 Å². The van der Waals surface area contributed by atoms with Crippen LogP contribution in [0.1, 0.15) is 55.8 Å². The summed E-state index contributed by atoms with van der Waals surface area (Å²) >= 11 is 8.15. The highest BCUT2D eigenvalue weighted by molar-refractivity contribution is 7.80. The Morgan fingerprint density at radius 3 is 2.11 bits per heavy atom. The maximum absolute atomic E-state index is 13.6. The van der Waals surface area contributed by atoms with Gasteiger partial charge in [-0.1, -0.05) is 48.5 Å². The average Bonchev–Trinajstić information content (AvgIpc) is 4.25. The monoisotopic (exact) mass is 1070 g/mol. The van der Waals surface area contributed by atoms with Crippen molar-refractivity contribution in [1.29, 1.82) is 0 Å². The van der Waals surface area contributed by atoms with E-state index in [0.717, 1.165) is 11.1 Å². The van der Waals surface area contributed by atoms with Crippen LogP contribution < -0.4 is 31.1 Å². The summed E-state index contributed by atoms with van der Waals surface area (Å²) in [6, 6.07) is 31.0. The van der Waals surface area contributed by atoms with Gasteiger partial charge in [-0.25, -0.2) is 14.8 Å².